The van der Waals surface area contributed by atoms with Crippen molar-refractivity contribution in [3.05, 3.63) is 33.8 Å². The third-order valence-corrected chi connectivity index (χ3v) is 12.1. The fourth-order valence-corrected chi connectivity index (χ4v) is 7.94. The molecule has 4 rings (SSSR count). The molecule has 0 unspecified atom stereocenters. The highest BCUT2D eigenvalue weighted by atomic mass is 35.5. The highest BCUT2D eigenvalue weighted by Gasteiger charge is 2.59. The molecule has 3 fully saturated rings. The van der Waals surface area contributed by atoms with Crippen molar-refractivity contribution in [1.29, 1.82) is 0 Å². The number of carbonyl (C=O) groups is 7. The summed E-state index contributed by atoms with van der Waals surface area (Å²) in [5, 5.41) is 21.7. The molecule has 15 nitrogen and oxygen atoms in total. The first kappa shape index (κ1) is 48.5. The maximum Gasteiger partial charge on any atom is 0.426 e. The summed E-state index contributed by atoms with van der Waals surface area (Å²) >= 11 is 12.7. The molecule has 2 saturated heterocycles. The van der Waals surface area contributed by atoms with Crippen LogP contribution < -0.4 is 21.3 Å². The highest BCUT2D eigenvalue weighted by molar-refractivity contribution is 6.33. The summed E-state index contributed by atoms with van der Waals surface area (Å²) in [6.45, 7) is 5.54. The number of alkyl halides is 3. The lowest BCUT2D eigenvalue weighted by Gasteiger charge is -2.35. The van der Waals surface area contributed by atoms with Gasteiger partial charge in [-0.05, 0) is 94.4 Å². The molecule has 1 aromatic carbocycles. The number of hydrogen-bond donors (Lipinski definition) is 5. The zero-order chi connectivity index (χ0) is 44.9. The van der Waals surface area contributed by atoms with Crippen molar-refractivity contribution in [2.24, 2.45) is 5.92 Å². The largest absolute Gasteiger partial charge is 0.426 e. The molecule has 2 aliphatic heterocycles. The number of amides is 7. The van der Waals surface area contributed by atoms with Crippen LogP contribution in [0.2, 0.25) is 10.0 Å². The number of likely N-dealkylation sites (tertiary alicyclic amines) is 1. The smallest absolute Gasteiger partial charge is 0.373 e. The Morgan fingerprint density at radius 3 is 2.32 bits per heavy atom. The highest BCUT2D eigenvalue weighted by Crippen LogP contribution is 2.37. The standard InChI is InChI=1S/C40H56Cl2F3N7O8/c1-7-26(47-32(54)29-12-10-18-52(29)37(59)38(4,60)40(43,44)45)34(56)50(5)28-11-8-9-17-46-36(58)39(15-16-39)49-33(55)30(21-23-20-24(41)13-14-25(23)42)51(6)35(57)27(19-22(2)3)48-31(28)53/h13-14,20,22,26-30,60H,7-12,15-19,21H2,1-6H3,(H,46,58)(H,47,54)(H,48,53)(H,49,55)/t26-,27-,28-,29-,30-,38+/m0/s1. The van der Waals surface area contributed by atoms with Gasteiger partial charge in [0.15, 0.2) is 0 Å². The molecule has 0 radical (unpaired) electrons. The predicted octanol–water partition coefficient (Wildman–Crippen LogP) is 2.87. The van der Waals surface area contributed by atoms with E-state index in [1.54, 1.807) is 25.1 Å². The van der Waals surface area contributed by atoms with E-state index in [0.717, 1.165) is 4.90 Å². The van der Waals surface area contributed by atoms with Crippen LogP contribution in [0.25, 0.3) is 0 Å². The van der Waals surface area contributed by atoms with E-state index in [2.05, 4.69) is 21.3 Å². The molecule has 3 aliphatic rings. The zero-order valence-corrected chi connectivity index (χ0v) is 36.2. The van der Waals surface area contributed by atoms with E-state index >= 15 is 0 Å². The van der Waals surface area contributed by atoms with E-state index in [4.69, 9.17) is 23.2 Å². The van der Waals surface area contributed by atoms with Gasteiger partial charge in [-0.25, -0.2) is 0 Å². The zero-order valence-electron chi connectivity index (χ0n) is 34.7. The predicted molar refractivity (Wildman–Crippen MR) is 215 cm³/mol. The minimum Gasteiger partial charge on any atom is -0.373 e. The molecule has 1 aromatic rings. The summed E-state index contributed by atoms with van der Waals surface area (Å²) in [6.07, 6.45) is -3.55. The Kier molecular flexibility index (Phi) is 15.9. The van der Waals surface area contributed by atoms with Crippen LogP contribution >= 0.6 is 23.2 Å². The van der Waals surface area contributed by atoms with Crippen molar-refractivity contribution in [3.8, 4) is 0 Å². The summed E-state index contributed by atoms with van der Waals surface area (Å²) in [5.74, 6) is -5.78. The van der Waals surface area contributed by atoms with Gasteiger partial charge in [0, 0.05) is 43.7 Å². The first-order chi connectivity index (χ1) is 27.9. The SMILES string of the molecule is CC[C@H](NC(=O)[C@@H]1CCCN1C(=O)[C@@](C)(O)C(F)(F)F)C(=O)N(C)[C@H]1CCCCNC(=O)C2(CC2)NC(=O)[C@H](Cc2cc(Cl)ccc2Cl)N(C)C(=O)[C@H](CC(C)C)NC1=O. The Bertz CT molecular complexity index is 1810. The lowest BCUT2D eigenvalue weighted by molar-refractivity contribution is -0.250. The number of hydrogen-bond acceptors (Lipinski definition) is 8. The number of nitrogens with zero attached hydrogens (tertiary/aromatic N) is 3. The van der Waals surface area contributed by atoms with Gasteiger partial charge in [-0.15, -0.1) is 0 Å². The molecule has 0 bridgehead atoms. The fraction of sp³-hybridized carbons (Fsp3) is 0.675. The summed E-state index contributed by atoms with van der Waals surface area (Å²) < 4.78 is 40.6. The van der Waals surface area contributed by atoms with Crippen molar-refractivity contribution in [1.82, 2.24) is 36.0 Å². The molecule has 0 aromatic heterocycles. The lowest BCUT2D eigenvalue weighted by atomic mass is 9.98. The van der Waals surface area contributed by atoms with Gasteiger partial charge in [0.1, 0.15) is 35.7 Å². The maximum absolute atomic E-state index is 14.4. The van der Waals surface area contributed by atoms with Gasteiger partial charge in [0.25, 0.3) is 5.91 Å². The van der Waals surface area contributed by atoms with Crippen molar-refractivity contribution in [3.63, 3.8) is 0 Å². The van der Waals surface area contributed by atoms with E-state index in [1.165, 1.54) is 19.0 Å². The molecule has 7 amide bonds. The minimum atomic E-state index is -5.30. The molecular formula is C40H56Cl2F3N7O8. The molecule has 5 N–H and O–H groups in total. The van der Waals surface area contributed by atoms with Crippen LogP contribution in [0.4, 0.5) is 13.2 Å². The molecular weight excluding hydrogens is 834 g/mol. The molecule has 20 heteroatoms. The van der Waals surface area contributed by atoms with Gasteiger partial charge in [-0.2, -0.15) is 13.2 Å². The topological polar surface area (TPSA) is 198 Å². The Morgan fingerprint density at radius 1 is 1.05 bits per heavy atom. The number of likely N-dealkylation sites (N-methyl/N-ethyl adjacent to an activating group) is 2. The van der Waals surface area contributed by atoms with Gasteiger partial charge in [0.05, 0.1) is 0 Å². The van der Waals surface area contributed by atoms with Crippen molar-refractivity contribution in [2.45, 2.75) is 139 Å². The molecule has 1 aliphatic carbocycles. The van der Waals surface area contributed by atoms with Crippen LogP contribution in [0, 0.1) is 5.92 Å². The molecule has 1 saturated carbocycles. The van der Waals surface area contributed by atoms with E-state index in [1.807, 2.05) is 13.8 Å². The number of carbonyl (C=O) groups excluding carboxylic acids is 7. The summed E-state index contributed by atoms with van der Waals surface area (Å²) in [5.41, 5.74) is -4.44. The third-order valence-electron chi connectivity index (χ3n) is 11.5. The van der Waals surface area contributed by atoms with Gasteiger partial charge in [0.2, 0.25) is 41.0 Å². The van der Waals surface area contributed by atoms with Crippen LogP contribution in [0.5, 0.6) is 0 Å². The minimum absolute atomic E-state index is 0.00266. The first-order valence-electron chi connectivity index (χ1n) is 20.2. The second-order valence-corrected chi connectivity index (χ2v) is 17.4. The van der Waals surface area contributed by atoms with Crippen molar-refractivity contribution < 1.29 is 51.8 Å². The summed E-state index contributed by atoms with van der Waals surface area (Å²) in [7, 11) is 2.77. The Balaban J connectivity index is 1.62. The van der Waals surface area contributed by atoms with Crippen LogP contribution in [0.1, 0.15) is 91.0 Å². The lowest BCUT2D eigenvalue weighted by Crippen LogP contribution is -2.61. The number of rotatable bonds is 10. The second kappa shape index (κ2) is 19.7. The quantitative estimate of drug-likeness (QED) is 0.237. The molecule has 1 spiro atoms. The average molecular weight is 891 g/mol. The van der Waals surface area contributed by atoms with E-state index in [-0.39, 0.29) is 57.5 Å². The van der Waals surface area contributed by atoms with Crippen molar-refractivity contribution in [2.75, 3.05) is 27.2 Å². The van der Waals surface area contributed by atoms with Crippen LogP contribution in [-0.2, 0) is 40.0 Å². The summed E-state index contributed by atoms with van der Waals surface area (Å²) in [6, 6.07) is -1.53. The molecule has 334 valence electrons. The monoisotopic (exact) mass is 889 g/mol. The van der Waals surface area contributed by atoms with Gasteiger partial charge < -0.3 is 41.1 Å². The number of aliphatic hydroxyl groups is 1. The van der Waals surface area contributed by atoms with E-state index < -0.39 is 88.9 Å². The Morgan fingerprint density at radius 2 is 1.72 bits per heavy atom. The van der Waals surface area contributed by atoms with Gasteiger partial charge in [-0.1, -0.05) is 44.0 Å². The molecule has 6 atom stereocenters. The van der Waals surface area contributed by atoms with Crippen LogP contribution in [-0.4, -0.2) is 136 Å². The maximum atomic E-state index is 14.4. The molecule has 2 heterocycles. The van der Waals surface area contributed by atoms with E-state index in [0.29, 0.717) is 53.1 Å². The average Bonchev–Trinajstić information content (AvgIpc) is 3.79. The van der Waals surface area contributed by atoms with Gasteiger partial charge >= 0.3 is 6.18 Å². The first-order valence-corrected chi connectivity index (χ1v) is 21.0. The molecule has 60 heavy (non-hydrogen) atoms. The second-order valence-electron chi connectivity index (χ2n) is 16.6. The number of halogens is 5. The number of nitrogens with one attached hydrogen (secondary N) is 4. The summed E-state index contributed by atoms with van der Waals surface area (Å²) in [4.78, 5) is 99.6. The fourth-order valence-electron chi connectivity index (χ4n) is 7.55. The Labute approximate surface area is 357 Å². The Hall–Kier alpha value is -4.16. The van der Waals surface area contributed by atoms with Crippen molar-refractivity contribution >= 4 is 64.6 Å². The van der Waals surface area contributed by atoms with Gasteiger partial charge in [-0.3, -0.25) is 33.6 Å². The van der Waals surface area contributed by atoms with E-state index in [9.17, 15) is 51.8 Å². The normalized spacial score (nSPS) is 24.6. The van der Waals surface area contributed by atoms with Crippen LogP contribution in [0.3, 0.4) is 0 Å². The third kappa shape index (κ3) is 11.2. The number of benzene rings is 1. The van der Waals surface area contributed by atoms with Crippen LogP contribution in [0.15, 0.2) is 18.2 Å².